The molecular formula is C19H32N4O2. The summed E-state index contributed by atoms with van der Waals surface area (Å²) in [5.74, 6) is 0. The minimum absolute atomic E-state index is 0.0397. The number of aryl methyl sites for hydroxylation is 1. The van der Waals surface area contributed by atoms with Gasteiger partial charge in [0, 0.05) is 38.4 Å². The molecule has 6 heteroatoms. The first kappa shape index (κ1) is 19.5. The maximum absolute atomic E-state index is 11.5. The summed E-state index contributed by atoms with van der Waals surface area (Å²) in [6.45, 7) is 9.96. The Balaban J connectivity index is 1.56. The second kappa shape index (κ2) is 10.3. The second-order valence-electron chi connectivity index (χ2n) is 6.86. The lowest BCUT2D eigenvalue weighted by molar-refractivity contribution is 0.219. The molecule has 6 nitrogen and oxygen atoms in total. The van der Waals surface area contributed by atoms with Gasteiger partial charge >= 0.3 is 6.03 Å². The van der Waals surface area contributed by atoms with Crippen molar-refractivity contribution in [1.82, 2.24) is 15.5 Å². The molecule has 1 aliphatic rings. The second-order valence-corrected chi connectivity index (χ2v) is 6.86. The molecule has 1 aromatic carbocycles. The van der Waals surface area contributed by atoms with Gasteiger partial charge in [0.15, 0.2) is 0 Å². The van der Waals surface area contributed by atoms with Crippen LogP contribution in [0.25, 0.3) is 0 Å². The molecule has 1 unspecified atom stereocenters. The van der Waals surface area contributed by atoms with E-state index in [2.05, 4.69) is 51.6 Å². The topological polar surface area (TPSA) is 67.8 Å². The number of unbranched alkanes of at least 4 members (excludes halogenated alkanes) is 1. The summed E-state index contributed by atoms with van der Waals surface area (Å²) in [5, 5.41) is 14.4. The van der Waals surface area contributed by atoms with Gasteiger partial charge in [0.1, 0.15) is 0 Å². The van der Waals surface area contributed by atoms with Crippen molar-refractivity contribution in [2.45, 2.75) is 32.7 Å². The summed E-state index contributed by atoms with van der Waals surface area (Å²) in [4.78, 5) is 16.5. The number of nitrogens with one attached hydrogen (secondary N) is 2. The average Bonchev–Trinajstić information content (AvgIpc) is 2.62. The highest BCUT2D eigenvalue weighted by Gasteiger charge is 2.16. The third-order valence-electron chi connectivity index (χ3n) is 4.58. The summed E-state index contributed by atoms with van der Waals surface area (Å²) in [7, 11) is 0. The number of aliphatic hydroxyl groups excluding tert-OH is 1. The van der Waals surface area contributed by atoms with Crippen molar-refractivity contribution >= 4 is 11.7 Å². The molecule has 0 aromatic heterocycles. The van der Waals surface area contributed by atoms with E-state index in [1.165, 1.54) is 11.3 Å². The highest BCUT2D eigenvalue weighted by Crippen LogP contribution is 2.17. The Labute approximate surface area is 151 Å². The summed E-state index contributed by atoms with van der Waals surface area (Å²) < 4.78 is 0. The van der Waals surface area contributed by atoms with Crippen LogP contribution in [-0.2, 0) is 0 Å². The van der Waals surface area contributed by atoms with Gasteiger partial charge in [-0.2, -0.15) is 0 Å². The van der Waals surface area contributed by atoms with Gasteiger partial charge < -0.3 is 20.6 Å². The first-order valence-corrected chi connectivity index (χ1v) is 9.27. The van der Waals surface area contributed by atoms with Crippen molar-refractivity contribution in [2.75, 3.05) is 50.8 Å². The maximum Gasteiger partial charge on any atom is 0.315 e. The first-order valence-electron chi connectivity index (χ1n) is 9.27. The van der Waals surface area contributed by atoms with Crippen molar-refractivity contribution < 1.29 is 9.90 Å². The van der Waals surface area contributed by atoms with Crippen molar-refractivity contribution in [3.63, 3.8) is 0 Å². The zero-order valence-corrected chi connectivity index (χ0v) is 15.5. The summed E-state index contributed by atoms with van der Waals surface area (Å²) >= 11 is 0. The van der Waals surface area contributed by atoms with E-state index in [1.807, 2.05) is 0 Å². The number of urea groups is 1. The van der Waals surface area contributed by atoms with Gasteiger partial charge in [0.2, 0.25) is 0 Å². The lowest BCUT2D eigenvalue weighted by Gasteiger charge is -2.36. The van der Waals surface area contributed by atoms with Crippen LogP contribution >= 0.6 is 0 Å². The number of aliphatic hydroxyl groups is 1. The fraction of sp³-hybridized carbons (Fsp3) is 0.632. The van der Waals surface area contributed by atoms with Gasteiger partial charge in [-0.25, -0.2) is 4.79 Å². The Hall–Kier alpha value is -1.79. The van der Waals surface area contributed by atoms with Crippen LogP contribution in [0.3, 0.4) is 0 Å². The number of hydrogen-bond donors (Lipinski definition) is 3. The Morgan fingerprint density at radius 1 is 1.24 bits per heavy atom. The molecule has 1 atom stereocenters. The summed E-state index contributed by atoms with van der Waals surface area (Å²) in [5.41, 5.74) is 2.64. The molecule has 1 aliphatic heterocycles. The highest BCUT2D eigenvalue weighted by molar-refractivity contribution is 5.74. The van der Waals surface area contributed by atoms with E-state index in [0.717, 1.165) is 45.6 Å². The minimum Gasteiger partial charge on any atom is -0.394 e. The van der Waals surface area contributed by atoms with Gasteiger partial charge in [-0.15, -0.1) is 0 Å². The first-order chi connectivity index (χ1) is 12.1. The molecule has 1 heterocycles. The molecule has 2 rings (SSSR count). The molecule has 0 aliphatic carbocycles. The number of piperazine rings is 1. The third kappa shape index (κ3) is 6.92. The van der Waals surface area contributed by atoms with Gasteiger partial charge in [-0.3, -0.25) is 4.90 Å². The third-order valence-corrected chi connectivity index (χ3v) is 4.58. The normalized spacial score (nSPS) is 16.5. The van der Waals surface area contributed by atoms with Crippen LogP contribution in [-0.4, -0.2) is 68.0 Å². The van der Waals surface area contributed by atoms with Crippen LogP contribution in [0.4, 0.5) is 10.5 Å². The Morgan fingerprint density at radius 3 is 2.68 bits per heavy atom. The number of hydrogen-bond acceptors (Lipinski definition) is 4. The predicted molar refractivity (Wildman–Crippen MR) is 102 cm³/mol. The summed E-state index contributed by atoms with van der Waals surface area (Å²) in [6.07, 6.45) is 2.05. The molecule has 1 aromatic rings. The number of benzene rings is 1. The van der Waals surface area contributed by atoms with Crippen molar-refractivity contribution in [3.8, 4) is 0 Å². The molecule has 0 radical (unpaired) electrons. The quantitative estimate of drug-likeness (QED) is 0.624. The summed E-state index contributed by atoms with van der Waals surface area (Å²) in [6, 6.07) is 8.30. The fourth-order valence-electron chi connectivity index (χ4n) is 3.04. The van der Waals surface area contributed by atoms with Crippen LogP contribution in [0.1, 0.15) is 25.3 Å². The van der Waals surface area contributed by atoms with E-state index in [0.29, 0.717) is 6.54 Å². The van der Waals surface area contributed by atoms with Crippen LogP contribution in [0.2, 0.25) is 0 Å². The van der Waals surface area contributed by atoms with Crippen LogP contribution in [0, 0.1) is 6.92 Å². The Bertz CT molecular complexity index is 530. The number of rotatable bonds is 8. The highest BCUT2D eigenvalue weighted by atomic mass is 16.3. The molecule has 3 N–H and O–H groups in total. The maximum atomic E-state index is 11.5. The van der Waals surface area contributed by atoms with E-state index in [-0.39, 0.29) is 18.7 Å². The Kier molecular flexibility index (Phi) is 8.01. The predicted octanol–water partition coefficient (Wildman–Crippen LogP) is 1.58. The number of anilines is 1. The molecule has 1 saturated heterocycles. The number of nitrogens with zero attached hydrogens (tertiary/aromatic N) is 2. The van der Waals surface area contributed by atoms with Crippen molar-refractivity contribution in [1.29, 1.82) is 0 Å². The standard InChI is InChI=1S/C19H32N4O2/c1-16-6-5-7-18(14-16)23-12-10-22(11-13-23)9-4-3-8-20-19(25)21-17(2)15-24/h5-7,14,17,24H,3-4,8-13,15H2,1-2H3,(H2,20,21,25). The zero-order chi connectivity index (χ0) is 18.1. The average molecular weight is 348 g/mol. The van der Waals surface area contributed by atoms with E-state index in [9.17, 15) is 4.79 Å². The number of carbonyl (C=O) groups is 1. The van der Waals surface area contributed by atoms with Crippen molar-refractivity contribution in [3.05, 3.63) is 29.8 Å². The molecule has 0 bridgehead atoms. The van der Waals surface area contributed by atoms with E-state index in [1.54, 1.807) is 6.92 Å². The lowest BCUT2D eigenvalue weighted by atomic mass is 10.2. The SMILES string of the molecule is Cc1cccc(N2CCN(CCCCNC(=O)NC(C)CO)CC2)c1. The zero-order valence-electron chi connectivity index (χ0n) is 15.5. The van der Waals surface area contributed by atoms with Gasteiger partial charge in [0.05, 0.1) is 12.6 Å². The van der Waals surface area contributed by atoms with Gasteiger partial charge in [-0.05, 0) is 50.9 Å². The number of amides is 2. The lowest BCUT2D eigenvalue weighted by Crippen LogP contribution is -2.46. The van der Waals surface area contributed by atoms with Crippen molar-refractivity contribution in [2.24, 2.45) is 0 Å². The van der Waals surface area contributed by atoms with Gasteiger partial charge in [0.25, 0.3) is 0 Å². The molecule has 1 fully saturated rings. The van der Waals surface area contributed by atoms with Crippen LogP contribution < -0.4 is 15.5 Å². The molecule has 0 saturated carbocycles. The molecular weight excluding hydrogens is 316 g/mol. The molecule has 0 spiro atoms. The largest absolute Gasteiger partial charge is 0.394 e. The van der Waals surface area contributed by atoms with Crippen LogP contribution in [0.5, 0.6) is 0 Å². The van der Waals surface area contributed by atoms with E-state index in [4.69, 9.17) is 5.11 Å². The van der Waals surface area contributed by atoms with Gasteiger partial charge in [-0.1, -0.05) is 12.1 Å². The monoisotopic (exact) mass is 348 g/mol. The minimum atomic E-state index is -0.204. The van der Waals surface area contributed by atoms with E-state index < -0.39 is 0 Å². The number of carbonyl (C=O) groups excluding carboxylic acids is 1. The smallest absolute Gasteiger partial charge is 0.315 e. The molecule has 2 amide bonds. The fourth-order valence-corrected chi connectivity index (χ4v) is 3.04. The molecule has 140 valence electrons. The molecule has 25 heavy (non-hydrogen) atoms. The van der Waals surface area contributed by atoms with Crippen LogP contribution in [0.15, 0.2) is 24.3 Å². The van der Waals surface area contributed by atoms with E-state index >= 15 is 0 Å². The Morgan fingerprint density at radius 2 is 2.00 bits per heavy atom.